The van der Waals surface area contributed by atoms with Gasteiger partial charge in [0, 0.05) is 18.6 Å². The van der Waals surface area contributed by atoms with E-state index < -0.39 is 0 Å². The number of H-pyrrole nitrogens is 1. The van der Waals surface area contributed by atoms with Gasteiger partial charge in [-0.25, -0.2) is 15.0 Å². The van der Waals surface area contributed by atoms with Gasteiger partial charge in [-0.1, -0.05) is 6.42 Å². The van der Waals surface area contributed by atoms with Gasteiger partial charge in [-0.15, -0.1) is 0 Å². The molecule has 1 aliphatic heterocycles. The normalized spacial score (nSPS) is 21.0. The molecule has 5 nitrogen and oxygen atoms in total. The van der Waals surface area contributed by atoms with E-state index in [1.54, 1.807) is 12.5 Å². The molecule has 0 amide bonds. The Kier molecular flexibility index (Phi) is 3.32. The Labute approximate surface area is 106 Å². The number of nitrogens with one attached hydrogen (secondary N) is 1. The van der Waals surface area contributed by atoms with Crippen molar-refractivity contribution in [3.63, 3.8) is 0 Å². The molecule has 1 atom stereocenters. The van der Waals surface area contributed by atoms with Crippen LogP contribution in [0.2, 0.25) is 0 Å². The first-order valence-electron chi connectivity index (χ1n) is 6.42. The number of aromatic nitrogens is 4. The van der Waals surface area contributed by atoms with E-state index in [1.165, 1.54) is 12.8 Å². The maximum absolute atomic E-state index is 4.40. The molecule has 0 spiro atoms. The molecule has 0 radical (unpaired) electrons. The van der Waals surface area contributed by atoms with Crippen molar-refractivity contribution >= 4 is 0 Å². The molecule has 2 aromatic heterocycles. The van der Waals surface area contributed by atoms with Gasteiger partial charge in [0.05, 0.1) is 18.3 Å². The summed E-state index contributed by atoms with van der Waals surface area (Å²) in [5.74, 6) is 1.02. The van der Waals surface area contributed by atoms with E-state index in [4.69, 9.17) is 0 Å². The summed E-state index contributed by atoms with van der Waals surface area (Å²) in [7, 11) is 0. The van der Waals surface area contributed by atoms with Crippen LogP contribution in [0.5, 0.6) is 0 Å². The van der Waals surface area contributed by atoms with Crippen LogP contribution in [0.15, 0.2) is 31.0 Å². The second-order valence-corrected chi connectivity index (χ2v) is 4.65. The molecule has 0 aromatic carbocycles. The van der Waals surface area contributed by atoms with Crippen LogP contribution in [0.4, 0.5) is 0 Å². The average Bonchev–Trinajstić information content (AvgIpc) is 2.93. The molecule has 1 N–H and O–H groups in total. The van der Waals surface area contributed by atoms with Crippen LogP contribution in [-0.4, -0.2) is 31.4 Å². The minimum atomic E-state index is 0.395. The van der Waals surface area contributed by atoms with Gasteiger partial charge >= 0.3 is 0 Å². The largest absolute Gasteiger partial charge is 0.348 e. The Bertz CT molecular complexity index is 467. The van der Waals surface area contributed by atoms with Gasteiger partial charge in [-0.3, -0.25) is 4.90 Å². The van der Waals surface area contributed by atoms with E-state index in [2.05, 4.69) is 24.8 Å². The Balaban J connectivity index is 1.78. The zero-order valence-corrected chi connectivity index (χ0v) is 10.3. The summed E-state index contributed by atoms with van der Waals surface area (Å²) in [4.78, 5) is 18.3. The highest BCUT2D eigenvalue weighted by molar-refractivity contribution is 5.06. The Morgan fingerprint density at radius 1 is 1.28 bits per heavy atom. The van der Waals surface area contributed by atoms with Crippen LogP contribution in [0.25, 0.3) is 0 Å². The molecule has 0 bridgehead atoms. The number of imidazole rings is 1. The summed E-state index contributed by atoms with van der Waals surface area (Å²) >= 11 is 0. The molecular formula is C13H17N5. The number of aromatic amines is 1. The number of rotatable bonds is 3. The van der Waals surface area contributed by atoms with Crippen LogP contribution in [0, 0.1) is 0 Å². The predicted octanol–water partition coefficient (Wildman–Crippen LogP) is 1.93. The zero-order valence-electron chi connectivity index (χ0n) is 10.3. The van der Waals surface area contributed by atoms with Gasteiger partial charge in [0.2, 0.25) is 0 Å². The van der Waals surface area contributed by atoms with Crippen molar-refractivity contribution in [1.82, 2.24) is 24.8 Å². The van der Waals surface area contributed by atoms with Gasteiger partial charge in [0.25, 0.3) is 0 Å². The Morgan fingerprint density at radius 3 is 3.06 bits per heavy atom. The summed E-state index contributed by atoms with van der Waals surface area (Å²) in [6.45, 7) is 1.97. The van der Waals surface area contributed by atoms with Crippen LogP contribution in [0.3, 0.4) is 0 Å². The summed E-state index contributed by atoms with van der Waals surface area (Å²) < 4.78 is 0. The molecule has 5 heteroatoms. The average molecular weight is 243 g/mol. The Morgan fingerprint density at radius 2 is 2.28 bits per heavy atom. The highest BCUT2D eigenvalue weighted by atomic mass is 15.2. The third kappa shape index (κ3) is 2.41. The predicted molar refractivity (Wildman–Crippen MR) is 67.6 cm³/mol. The number of hydrogen-bond donors (Lipinski definition) is 1. The summed E-state index contributed by atoms with van der Waals surface area (Å²) in [5, 5.41) is 0. The van der Waals surface area contributed by atoms with Gasteiger partial charge in [-0.2, -0.15) is 0 Å². The van der Waals surface area contributed by atoms with E-state index in [-0.39, 0.29) is 0 Å². The number of nitrogens with zero attached hydrogens (tertiary/aromatic N) is 4. The molecule has 2 aromatic rings. The fourth-order valence-electron chi connectivity index (χ4n) is 2.59. The SMILES string of the molecule is c1cc([C@H]2CCCCN2Cc2ncc[nH]2)ncn1. The van der Waals surface area contributed by atoms with Crippen LogP contribution in [-0.2, 0) is 6.54 Å². The molecule has 0 saturated carbocycles. The molecule has 0 unspecified atom stereocenters. The molecule has 3 heterocycles. The van der Waals surface area contributed by atoms with E-state index in [1.807, 2.05) is 18.5 Å². The van der Waals surface area contributed by atoms with Crippen LogP contribution >= 0.6 is 0 Å². The van der Waals surface area contributed by atoms with Crippen molar-refractivity contribution < 1.29 is 0 Å². The summed E-state index contributed by atoms with van der Waals surface area (Å²) in [6, 6.07) is 2.41. The second-order valence-electron chi connectivity index (χ2n) is 4.65. The maximum Gasteiger partial charge on any atom is 0.120 e. The summed E-state index contributed by atoms with van der Waals surface area (Å²) in [6.07, 6.45) is 10.8. The van der Waals surface area contributed by atoms with E-state index in [0.717, 1.165) is 31.0 Å². The molecule has 94 valence electrons. The van der Waals surface area contributed by atoms with Gasteiger partial charge in [-0.05, 0) is 25.5 Å². The lowest BCUT2D eigenvalue weighted by Gasteiger charge is -2.34. The quantitative estimate of drug-likeness (QED) is 0.895. The molecule has 0 aliphatic carbocycles. The van der Waals surface area contributed by atoms with Crippen LogP contribution < -0.4 is 0 Å². The van der Waals surface area contributed by atoms with Crippen molar-refractivity contribution in [3.05, 3.63) is 42.5 Å². The van der Waals surface area contributed by atoms with Gasteiger partial charge in [0.1, 0.15) is 12.2 Å². The fraction of sp³-hybridized carbons (Fsp3) is 0.462. The lowest BCUT2D eigenvalue weighted by Crippen LogP contribution is -2.33. The summed E-state index contributed by atoms with van der Waals surface area (Å²) in [5.41, 5.74) is 1.12. The highest BCUT2D eigenvalue weighted by Gasteiger charge is 2.25. The van der Waals surface area contributed by atoms with Crippen molar-refractivity contribution in [1.29, 1.82) is 0 Å². The molecule has 18 heavy (non-hydrogen) atoms. The number of hydrogen-bond acceptors (Lipinski definition) is 4. The minimum Gasteiger partial charge on any atom is -0.348 e. The van der Waals surface area contributed by atoms with Gasteiger partial charge in [0.15, 0.2) is 0 Å². The van der Waals surface area contributed by atoms with Gasteiger partial charge < -0.3 is 4.98 Å². The molecular weight excluding hydrogens is 226 g/mol. The van der Waals surface area contributed by atoms with E-state index in [0.29, 0.717) is 6.04 Å². The first kappa shape index (κ1) is 11.3. The zero-order chi connectivity index (χ0) is 12.2. The highest BCUT2D eigenvalue weighted by Crippen LogP contribution is 2.30. The van der Waals surface area contributed by atoms with Crippen molar-refractivity contribution in [2.45, 2.75) is 31.8 Å². The van der Waals surface area contributed by atoms with Crippen LogP contribution in [0.1, 0.15) is 36.8 Å². The van der Waals surface area contributed by atoms with Crippen molar-refractivity contribution in [2.24, 2.45) is 0 Å². The van der Waals surface area contributed by atoms with E-state index >= 15 is 0 Å². The van der Waals surface area contributed by atoms with Crippen molar-refractivity contribution in [2.75, 3.05) is 6.54 Å². The second kappa shape index (κ2) is 5.27. The first-order valence-corrected chi connectivity index (χ1v) is 6.42. The molecule has 3 rings (SSSR count). The number of likely N-dealkylation sites (tertiary alicyclic amines) is 1. The topological polar surface area (TPSA) is 57.7 Å². The third-order valence-corrected chi connectivity index (χ3v) is 3.47. The number of piperidine rings is 1. The standard InChI is InChI=1S/C13H17N5/c1-2-8-18(9-13-15-6-7-16-13)12(3-1)11-4-5-14-10-17-11/h4-7,10,12H,1-3,8-9H2,(H,15,16)/t12-/m1/s1. The lowest BCUT2D eigenvalue weighted by molar-refractivity contribution is 0.134. The molecule has 1 aliphatic rings. The first-order chi connectivity index (χ1) is 8.93. The third-order valence-electron chi connectivity index (χ3n) is 3.47. The minimum absolute atomic E-state index is 0.395. The fourth-order valence-corrected chi connectivity index (χ4v) is 2.59. The maximum atomic E-state index is 4.40. The molecule has 1 fully saturated rings. The monoisotopic (exact) mass is 243 g/mol. The lowest BCUT2D eigenvalue weighted by atomic mass is 9.99. The molecule has 1 saturated heterocycles. The Hall–Kier alpha value is -1.75. The van der Waals surface area contributed by atoms with Crippen molar-refractivity contribution in [3.8, 4) is 0 Å². The van der Waals surface area contributed by atoms with E-state index in [9.17, 15) is 0 Å². The smallest absolute Gasteiger partial charge is 0.120 e.